The molecule has 2 rings (SSSR count). The number of rotatable bonds is 4. The van der Waals surface area contributed by atoms with Gasteiger partial charge in [-0.1, -0.05) is 0 Å². The second-order valence-electron chi connectivity index (χ2n) is 4.05. The van der Waals surface area contributed by atoms with Crippen LogP contribution in [0.4, 0.5) is 4.39 Å². The summed E-state index contributed by atoms with van der Waals surface area (Å²) in [5, 5.41) is 3.68. The summed E-state index contributed by atoms with van der Waals surface area (Å²) >= 11 is 1.40. The van der Waals surface area contributed by atoms with Gasteiger partial charge < -0.3 is 9.73 Å². The third kappa shape index (κ3) is 2.73. The molecule has 0 aliphatic heterocycles. The Labute approximate surface area is 110 Å². The quantitative estimate of drug-likeness (QED) is 0.918. The maximum atomic E-state index is 13.7. The predicted octanol–water partition coefficient (Wildman–Crippen LogP) is 3.55. The molecule has 1 aromatic carbocycles. The Morgan fingerprint density at radius 2 is 2.22 bits per heavy atom. The van der Waals surface area contributed by atoms with E-state index >= 15 is 0 Å². The van der Waals surface area contributed by atoms with E-state index in [0.717, 1.165) is 10.5 Å². The van der Waals surface area contributed by atoms with Crippen LogP contribution in [0.2, 0.25) is 0 Å². The highest BCUT2D eigenvalue weighted by molar-refractivity contribution is 7.99. The van der Waals surface area contributed by atoms with Crippen molar-refractivity contribution in [2.75, 3.05) is 7.05 Å². The molecule has 1 heterocycles. The van der Waals surface area contributed by atoms with Gasteiger partial charge in [0.1, 0.15) is 12.1 Å². The first-order chi connectivity index (χ1) is 8.61. The Balaban J connectivity index is 2.40. The standard InChI is InChI=1S/C13H15FN2OS/c1-8-6-12(18-13-16-4-5-17-13)10(7-11(8)14)9(2)15-3/h4-7,9,15H,1-3H3. The van der Waals surface area contributed by atoms with Crippen molar-refractivity contribution < 1.29 is 8.81 Å². The van der Waals surface area contributed by atoms with Crippen molar-refractivity contribution in [2.24, 2.45) is 0 Å². The number of aromatic nitrogens is 1. The summed E-state index contributed by atoms with van der Waals surface area (Å²) in [4.78, 5) is 5.03. The van der Waals surface area contributed by atoms with Crippen LogP contribution in [0.1, 0.15) is 24.1 Å². The largest absolute Gasteiger partial charge is 0.440 e. The van der Waals surface area contributed by atoms with E-state index in [-0.39, 0.29) is 11.9 Å². The fourth-order valence-electron chi connectivity index (χ4n) is 1.61. The number of aryl methyl sites for hydroxylation is 1. The number of hydrogen-bond donors (Lipinski definition) is 1. The van der Waals surface area contributed by atoms with Crippen molar-refractivity contribution in [3.8, 4) is 0 Å². The molecule has 18 heavy (non-hydrogen) atoms. The smallest absolute Gasteiger partial charge is 0.260 e. The summed E-state index contributed by atoms with van der Waals surface area (Å²) in [6.07, 6.45) is 3.12. The molecule has 2 aromatic rings. The van der Waals surface area contributed by atoms with E-state index in [1.807, 2.05) is 20.0 Å². The summed E-state index contributed by atoms with van der Waals surface area (Å²) in [5.41, 5.74) is 1.53. The summed E-state index contributed by atoms with van der Waals surface area (Å²) < 4.78 is 18.9. The Hall–Kier alpha value is -1.33. The predicted molar refractivity (Wildman–Crippen MR) is 69.2 cm³/mol. The van der Waals surface area contributed by atoms with Gasteiger partial charge in [0.05, 0.1) is 6.20 Å². The molecular weight excluding hydrogens is 251 g/mol. The van der Waals surface area contributed by atoms with Gasteiger partial charge >= 0.3 is 0 Å². The number of nitrogens with one attached hydrogen (secondary N) is 1. The van der Waals surface area contributed by atoms with Crippen molar-refractivity contribution in [1.29, 1.82) is 0 Å². The molecule has 0 bridgehead atoms. The molecule has 0 amide bonds. The maximum absolute atomic E-state index is 13.7. The second-order valence-corrected chi connectivity index (χ2v) is 5.04. The minimum Gasteiger partial charge on any atom is -0.440 e. The monoisotopic (exact) mass is 266 g/mol. The lowest BCUT2D eigenvalue weighted by Crippen LogP contribution is -2.13. The van der Waals surface area contributed by atoms with Crippen LogP contribution in [0.3, 0.4) is 0 Å². The van der Waals surface area contributed by atoms with Crippen LogP contribution in [0.15, 0.2) is 39.1 Å². The van der Waals surface area contributed by atoms with Crippen LogP contribution in [0.5, 0.6) is 0 Å². The molecule has 0 aliphatic carbocycles. The highest BCUT2D eigenvalue weighted by atomic mass is 32.2. The van der Waals surface area contributed by atoms with E-state index in [4.69, 9.17) is 4.42 Å². The lowest BCUT2D eigenvalue weighted by Gasteiger charge is -2.15. The molecule has 1 unspecified atom stereocenters. The van der Waals surface area contributed by atoms with Crippen LogP contribution in [0, 0.1) is 12.7 Å². The highest BCUT2D eigenvalue weighted by Crippen LogP contribution is 2.34. The molecular formula is C13H15FN2OS. The third-order valence-electron chi connectivity index (χ3n) is 2.80. The average molecular weight is 266 g/mol. The minimum atomic E-state index is -0.191. The zero-order valence-corrected chi connectivity index (χ0v) is 11.3. The van der Waals surface area contributed by atoms with Gasteiger partial charge in [0.2, 0.25) is 0 Å². The molecule has 0 radical (unpaired) electrons. The third-order valence-corrected chi connectivity index (χ3v) is 3.75. The first-order valence-corrected chi connectivity index (χ1v) is 6.48. The molecule has 5 heteroatoms. The van der Waals surface area contributed by atoms with Crippen LogP contribution >= 0.6 is 11.8 Å². The summed E-state index contributed by atoms with van der Waals surface area (Å²) in [6, 6.07) is 3.47. The molecule has 1 N–H and O–H groups in total. The summed E-state index contributed by atoms with van der Waals surface area (Å²) in [6.45, 7) is 3.74. The summed E-state index contributed by atoms with van der Waals surface area (Å²) in [7, 11) is 1.85. The number of oxazole rings is 1. The van der Waals surface area contributed by atoms with E-state index in [9.17, 15) is 4.39 Å². The first-order valence-electron chi connectivity index (χ1n) is 5.66. The van der Waals surface area contributed by atoms with E-state index in [1.54, 1.807) is 19.2 Å². The zero-order chi connectivity index (χ0) is 13.1. The lowest BCUT2D eigenvalue weighted by atomic mass is 10.1. The fraction of sp³-hybridized carbons (Fsp3) is 0.308. The number of benzene rings is 1. The fourth-order valence-corrected chi connectivity index (χ4v) is 2.60. The van der Waals surface area contributed by atoms with Crippen LogP contribution in [-0.4, -0.2) is 12.0 Å². The maximum Gasteiger partial charge on any atom is 0.260 e. The molecule has 0 aliphatic rings. The van der Waals surface area contributed by atoms with E-state index in [2.05, 4.69) is 10.3 Å². The molecule has 1 atom stereocenters. The molecule has 3 nitrogen and oxygen atoms in total. The van der Waals surface area contributed by atoms with Crippen molar-refractivity contribution in [3.63, 3.8) is 0 Å². The molecule has 0 fully saturated rings. The molecule has 96 valence electrons. The van der Waals surface area contributed by atoms with Gasteiger partial charge in [0.15, 0.2) is 0 Å². The van der Waals surface area contributed by atoms with E-state index < -0.39 is 0 Å². The molecule has 0 spiro atoms. The van der Waals surface area contributed by atoms with Gasteiger partial charge in [-0.3, -0.25) is 0 Å². The number of halogens is 1. The summed E-state index contributed by atoms with van der Waals surface area (Å²) in [5.74, 6) is -0.191. The normalized spacial score (nSPS) is 12.7. The van der Waals surface area contributed by atoms with Crippen LogP contribution in [-0.2, 0) is 0 Å². The second kappa shape index (κ2) is 5.54. The van der Waals surface area contributed by atoms with Crippen molar-refractivity contribution >= 4 is 11.8 Å². The SMILES string of the molecule is CNC(C)c1cc(F)c(C)cc1Sc1ncco1. The van der Waals surface area contributed by atoms with E-state index in [1.165, 1.54) is 18.0 Å². The van der Waals surface area contributed by atoms with Gasteiger partial charge in [-0.05, 0) is 55.9 Å². The highest BCUT2D eigenvalue weighted by Gasteiger charge is 2.15. The van der Waals surface area contributed by atoms with Crippen LogP contribution in [0.25, 0.3) is 0 Å². The number of nitrogens with zero attached hydrogens (tertiary/aromatic N) is 1. The number of hydrogen-bond acceptors (Lipinski definition) is 4. The van der Waals surface area contributed by atoms with Crippen molar-refractivity contribution in [1.82, 2.24) is 10.3 Å². The Kier molecular flexibility index (Phi) is 4.04. The Morgan fingerprint density at radius 1 is 1.44 bits per heavy atom. The zero-order valence-electron chi connectivity index (χ0n) is 10.5. The van der Waals surface area contributed by atoms with Gasteiger partial charge in [0, 0.05) is 10.9 Å². The lowest BCUT2D eigenvalue weighted by molar-refractivity contribution is 0.454. The van der Waals surface area contributed by atoms with Gasteiger partial charge in [-0.25, -0.2) is 9.37 Å². The van der Waals surface area contributed by atoms with Gasteiger partial charge in [0.25, 0.3) is 5.22 Å². The molecule has 0 saturated heterocycles. The van der Waals surface area contributed by atoms with Gasteiger partial charge in [-0.15, -0.1) is 0 Å². The average Bonchev–Trinajstić information content (AvgIpc) is 2.85. The first kappa shape index (κ1) is 13.1. The molecule has 0 saturated carbocycles. The van der Waals surface area contributed by atoms with Crippen LogP contribution < -0.4 is 5.32 Å². The Bertz CT molecular complexity index is 528. The Morgan fingerprint density at radius 3 is 2.83 bits per heavy atom. The van der Waals surface area contributed by atoms with Crippen molar-refractivity contribution in [3.05, 3.63) is 41.5 Å². The topological polar surface area (TPSA) is 38.1 Å². The van der Waals surface area contributed by atoms with Crippen molar-refractivity contribution in [2.45, 2.75) is 30.0 Å². The van der Waals surface area contributed by atoms with E-state index in [0.29, 0.717) is 10.8 Å². The van der Waals surface area contributed by atoms with Gasteiger partial charge in [-0.2, -0.15) is 0 Å². The minimum absolute atomic E-state index is 0.0672. The molecule has 1 aromatic heterocycles.